The minimum Gasteiger partial charge on any atom is -0.280 e. The number of H-pyrrole nitrogens is 1. The summed E-state index contributed by atoms with van der Waals surface area (Å²) in [4.78, 5) is 0.309. The Morgan fingerprint density at radius 3 is 2.46 bits per heavy atom. The summed E-state index contributed by atoms with van der Waals surface area (Å²) >= 11 is 1.69. The van der Waals surface area contributed by atoms with Crippen molar-refractivity contribution in [1.29, 1.82) is 0 Å². The molecule has 0 radical (unpaired) electrons. The van der Waals surface area contributed by atoms with Crippen LogP contribution in [0.3, 0.4) is 0 Å². The number of thiophene rings is 1. The van der Waals surface area contributed by atoms with Crippen molar-refractivity contribution >= 4 is 33.3 Å². The predicted octanol–water partition coefficient (Wildman–Crippen LogP) is 6.08. The quantitative estimate of drug-likeness (QED) is 0.348. The zero-order chi connectivity index (χ0) is 24.0. The molecule has 0 aliphatic heterocycles. The number of fused-ring (bicyclic) bond motifs is 1. The van der Waals surface area contributed by atoms with E-state index in [-0.39, 0.29) is 11.5 Å². The van der Waals surface area contributed by atoms with E-state index in [1.807, 2.05) is 25.1 Å². The molecule has 0 spiro atoms. The Balaban J connectivity index is 1.45. The van der Waals surface area contributed by atoms with Crippen LogP contribution in [0.5, 0.6) is 0 Å². The van der Waals surface area contributed by atoms with Crippen LogP contribution in [0.1, 0.15) is 47.2 Å². The first-order chi connectivity index (χ1) is 17.0. The van der Waals surface area contributed by atoms with E-state index in [0.29, 0.717) is 17.1 Å². The molecule has 1 unspecified atom stereocenters. The fourth-order valence-corrected chi connectivity index (χ4v) is 7.58. The van der Waals surface area contributed by atoms with E-state index >= 15 is 0 Å². The highest BCUT2D eigenvalue weighted by Gasteiger charge is 2.41. The summed E-state index contributed by atoms with van der Waals surface area (Å²) in [5, 5.41) is 12.2. The molecule has 2 aliphatic carbocycles. The van der Waals surface area contributed by atoms with Gasteiger partial charge in [-0.3, -0.25) is 5.10 Å². The molecule has 2 aromatic heterocycles. The summed E-state index contributed by atoms with van der Waals surface area (Å²) in [7, 11) is -3.74. The number of allylic oxidation sites excluding steroid dienone is 1. The van der Waals surface area contributed by atoms with Crippen LogP contribution >= 0.6 is 11.3 Å². The maximum atomic E-state index is 13.8. The number of hydrogen-bond acceptors (Lipinski definition) is 4. The Kier molecular flexibility index (Phi) is 5.42. The molecule has 1 fully saturated rings. The monoisotopic (exact) mass is 501 g/mol. The molecule has 1 saturated carbocycles. The lowest BCUT2D eigenvalue weighted by Gasteiger charge is -2.38. The molecular formula is C28H27N3O2S2. The van der Waals surface area contributed by atoms with Crippen LogP contribution in [-0.4, -0.2) is 24.7 Å². The lowest BCUT2D eigenvalue weighted by atomic mass is 9.69. The zero-order valence-electron chi connectivity index (χ0n) is 19.5. The third-order valence-corrected chi connectivity index (χ3v) is 9.91. The number of aromatic nitrogens is 2. The third-order valence-electron chi connectivity index (χ3n) is 7.37. The number of nitrogens with zero attached hydrogens (tertiary/aromatic N) is 2. The molecule has 178 valence electrons. The van der Waals surface area contributed by atoms with Gasteiger partial charge in [-0.15, -0.1) is 0 Å². The van der Waals surface area contributed by atoms with Crippen LogP contribution in [0, 0.1) is 6.92 Å². The molecule has 1 N–H and O–H groups in total. The van der Waals surface area contributed by atoms with Gasteiger partial charge in [0.1, 0.15) is 0 Å². The normalized spacial score (nSPS) is 19.8. The SMILES string of the molecule is Cc1ccc(S(=O)(=O)N(c2n[nH]c3c2C=CC(c2ccccc2)(c2ccsc2)C3)C2CCC2)cc1. The van der Waals surface area contributed by atoms with Crippen LogP contribution in [0.2, 0.25) is 0 Å². The Bertz CT molecular complexity index is 1470. The van der Waals surface area contributed by atoms with E-state index in [0.717, 1.165) is 36.1 Å². The van der Waals surface area contributed by atoms with Crippen LogP contribution < -0.4 is 4.31 Å². The molecule has 0 amide bonds. The fourth-order valence-electron chi connectivity index (χ4n) is 5.16. The number of anilines is 1. The Labute approximate surface area is 210 Å². The summed E-state index contributed by atoms with van der Waals surface area (Å²) < 4.78 is 29.3. The van der Waals surface area contributed by atoms with Gasteiger partial charge in [-0.05, 0) is 66.3 Å². The topological polar surface area (TPSA) is 66.1 Å². The van der Waals surface area contributed by atoms with Gasteiger partial charge in [0.2, 0.25) is 0 Å². The summed E-state index contributed by atoms with van der Waals surface area (Å²) in [6.07, 6.45) is 7.71. The summed E-state index contributed by atoms with van der Waals surface area (Å²) in [5.41, 5.74) is 4.98. The van der Waals surface area contributed by atoms with Crippen LogP contribution in [-0.2, 0) is 21.9 Å². The van der Waals surface area contributed by atoms with E-state index in [9.17, 15) is 8.42 Å². The van der Waals surface area contributed by atoms with Gasteiger partial charge in [-0.1, -0.05) is 60.2 Å². The Morgan fingerprint density at radius 2 is 1.80 bits per heavy atom. The van der Waals surface area contributed by atoms with Gasteiger partial charge in [0.05, 0.1) is 4.90 Å². The smallest absolute Gasteiger partial charge is 0.265 e. The predicted molar refractivity (Wildman–Crippen MR) is 141 cm³/mol. The highest BCUT2D eigenvalue weighted by Crippen LogP contribution is 2.45. The summed E-state index contributed by atoms with van der Waals surface area (Å²) in [6, 6.07) is 19.7. The number of sulfonamides is 1. The van der Waals surface area contributed by atoms with Gasteiger partial charge in [0.15, 0.2) is 5.82 Å². The molecule has 1 atom stereocenters. The van der Waals surface area contributed by atoms with Crippen molar-refractivity contribution in [3.63, 3.8) is 0 Å². The molecule has 0 saturated heterocycles. The van der Waals surface area contributed by atoms with Crippen molar-refractivity contribution in [3.05, 3.63) is 105 Å². The first-order valence-electron chi connectivity index (χ1n) is 11.9. The van der Waals surface area contributed by atoms with Crippen molar-refractivity contribution in [3.8, 4) is 0 Å². The third kappa shape index (κ3) is 3.65. The highest BCUT2D eigenvalue weighted by atomic mass is 32.2. The fraction of sp³-hybridized carbons (Fsp3) is 0.250. The molecule has 2 aromatic carbocycles. The van der Waals surface area contributed by atoms with E-state index < -0.39 is 10.0 Å². The van der Waals surface area contributed by atoms with Crippen LogP contribution in [0.25, 0.3) is 6.08 Å². The molecule has 2 heterocycles. The number of nitrogens with one attached hydrogen (secondary N) is 1. The van der Waals surface area contributed by atoms with Crippen molar-refractivity contribution in [2.75, 3.05) is 4.31 Å². The van der Waals surface area contributed by atoms with Crippen molar-refractivity contribution in [2.24, 2.45) is 0 Å². The van der Waals surface area contributed by atoms with E-state index in [1.165, 1.54) is 11.1 Å². The van der Waals surface area contributed by atoms with Gasteiger partial charge >= 0.3 is 0 Å². The average Bonchev–Trinajstić information content (AvgIpc) is 3.52. The van der Waals surface area contributed by atoms with Crippen molar-refractivity contribution < 1.29 is 8.42 Å². The van der Waals surface area contributed by atoms with Gasteiger partial charge < -0.3 is 0 Å². The second-order valence-electron chi connectivity index (χ2n) is 9.50. The van der Waals surface area contributed by atoms with Crippen LogP contribution in [0.15, 0.2) is 82.4 Å². The second kappa shape index (κ2) is 8.50. The standard InChI is InChI=1S/C28H27N3O2S2/c1-20-10-12-24(13-11-20)35(32,33)31(23-8-5-9-23)27-25-14-16-28(18-26(25)29-30-27,22-15-17-34-19-22)21-6-3-2-4-7-21/h2-4,6-7,10-17,19,23H,5,8-9,18H2,1H3,(H,29,30). The maximum absolute atomic E-state index is 13.8. The molecule has 2 aliphatic rings. The number of aryl methyl sites for hydroxylation is 1. The van der Waals surface area contributed by atoms with Gasteiger partial charge in [-0.25, -0.2) is 12.7 Å². The Hall–Kier alpha value is -3.16. The summed E-state index contributed by atoms with van der Waals surface area (Å²) in [5.74, 6) is 0.508. The van der Waals surface area contributed by atoms with E-state index in [4.69, 9.17) is 0 Å². The number of hydrogen-bond donors (Lipinski definition) is 1. The van der Waals surface area contributed by atoms with Gasteiger partial charge in [0, 0.05) is 29.1 Å². The first-order valence-corrected chi connectivity index (χ1v) is 14.3. The highest BCUT2D eigenvalue weighted by molar-refractivity contribution is 7.92. The van der Waals surface area contributed by atoms with Gasteiger partial charge in [0.25, 0.3) is 10.0 Å². The molecule has 35 heavy (non-hydrogen) atoms. The zero-order valence-corrected chi connectivity index (χ0v) is 21.1. The molecule has 4 aromatic rings. The lowest BCUT2D eigenvalue weighted by molar-refractivity contribution is 0.413. The molecule has 6 rings (SSSR count). The maximum Gasteiger partial charge on any atom is 0.265 e. The second-order valence-corrected chi connectivity index (χ2v) is 12.1. The molecule has 0 bridgehead atoms. The van der Waals surface area contributed by atoms with Crippen molar-refractivity contribution in [2.45, 2.75) is 49.0 Å². The van der Waals surface area contributed by atoms with Crippen LogP contribution in [0.4, 0.5) is 5.82 Å². The lowest BCUT2D eigenvalue weighted by Crippen LogP contribution is -2.45. The minimum absolute atomic E-state index is 0.0696. The van der Waals surface area contributed by atoms with Crippen molar-refractivity contribution in [1.82, 2.24) is 10.2 Å². The number of aromatic amines is 1. The summed E-state index contributed by atoms with van der Waals surface area (Å²) in [6.45, 7) is 1.96. The largest absolute Gasteiger partial charge is 0.280 e. The first kappa shape index (κ1) is 22.3. The van der Waals surface area contributed by atoms with E-state index in [1.54, 1.807) is 27.8 Å². The minimum atomic E-state index is -3.74. The van der Waals surface area contributed by atoms with E-state index in [2.05, 4.69) is 63.4 Å². The Morgan fingerprint density at radius 1 is 1.03 bits per heavy atom. The van der Waals surface area contributed by atoms with Gasteiger partial charge in [-0.2, -0.15) is 16.4 Å². The molecular weight excluding hydrogens is 474 g/mol. The number of rotatable bonds is 6. The molecule has 7 heteroatoms. The average molecular weight is 502 g/mol. The molecule has 5 nitrogen and oxygen atoms in total. The number of benzene rings is 2.